The third-order valence-corrected chi connectivity index (χ3v) is 8.54. The highest BCUT2D eigenvalue weighted by atomic mass is 35.5. The van der Waals surface area contributed by atoms with Crippen molar-refractivity contribution in [2.24, 2.45) is 9.98 Å². The molecule has 226 valence electrons. The lowest BCUT2D eigenvalue weighted by molar-refractivity contribution is 0.0941. The molecule has 0 aliphatic carbocycles. The number of anilines is 1. The van der Waals surface area contributed by atoms with Crippen LogP contribution in [0.15, 0.2) is 94.2 Å². The van der Waals surface area contributed by atoms with Crippen LogP contribution in [0.3, 0.4) is 0 Å². The van der Waals surface area contributed by atoms with Gasteiger partial charge in [-0.2, -0.15) is 0 Å². The molecule has 0 atom stereocenters. The Kier molecular flexibility index (Phi) is 9.31. The van der Waals surface area contributed by atoms with Gasteiger partial charge in [-0.25, -0.2) is 9.38 Å². The van der Waals surface area contributed by atoms with Crippen molar-refractivity contribution in [1.29, 1.82) is 0 Å². The normalized spacial score (nSPS) is 19.3. The molecule has 1 amide bonds. The molecule has 0 spiro atoms. The fourth-order valence-electron chi connectivity index (χ4n) is 5.78. The van der Waals surface area contributed by atoms with Gasteiger partial charge in [-0.15, -0.1) is 0 Å². The van der Waals surface area contributed by atoms with Crippen molar-refractivity contribution in [1.82, 2.24) is 15.1 Å². The van der Waals surface area contributed by atoms with Crippen LogP contribution in [0.5, 0.6) is 0 Å². The monoisotopic (exact) mass is 610 g/mol. The van der Waals surface area contributed by atoms with Gasteiger partial charge < -0.3 is 15.5 Å². The standard InChI is InChI=1S/C35H36ClFN6O/c1-42-17-19-43(20-18-42)16-15-38-35(44)24-9-12-27(13-10-24)41-33-8-4-6-28-25(22-39-33)23-40-34(30-5-2-3-7-32(30)37)31-21-26(36)11-14-29(28)31/h2-3,5,7-14,21-22,41H,4,6,15-20,23H2,1H3,(H,38,44)/b33-8-,39-22-. The Morgan fingerprint density at radius 1 is 0.977 bits per heavy atom. The Morgan fingerprint density at radius 2 is 1.77 bits per heavy atom. The van der Waals surface area contributed by atoms with Crippen LogP contribution in [-0.4, -0.2) is 80.5 Å². The molecule has 0 unspecified atom stereocenters. The predicted octanol–water partition coefficient (Wildman–Crippen LogP) is 5.88. The van der Waals surface area contributed by atoms with E-state index in [2.05, 4.69) is 33.6 Å². The molecule has 0 bridgehead atoms. The summed E-state index contributed by atoms with van der Waals surface area (Å²) in [5.41, 5.74) is 6.46. The molecule has 3 heterocycles. The maximum Gasteiger partial charge on any atom is 0.251 e. The number of likely N-dealkylation sites (N-methyl/N-ethyl adjacent to an activating group) is 1. The zero-order valence-electron chi connectivity index (χ0n) is 24.8. The van der Waals surface area contributed by atoms with Crippen molar-refractivity contribution in [2.45, 2.75) is 12.8 Å². The van der Waals surface area contributed by atoms with Crippen LogP contribution in [0, 0.1) is 5.82 Å². The molecular weight excluding hydrogens is 575 g/mol. The summed E-state index contributed by atoms with van der Waals surface area (Å²) in [4.78, 5) is 27.0. The van der Waals surface area contributed by atoms with E-state index in [1.807, 2.05) is 54.7 Å². The molecule has 1 saturated heterocycles. The molecule has 44 heavy (non-hydrogen) atoms. The van der Waals surface area contributed by atoms with Crippen molar-refractivity contribution >= 4 is 40.7 Å². The predicted molar refractivity (Wildman–Crippen MR) is 177 cm³/mol. The number of rotatable bonds is 7. The Bertz CT molecular complexity index is 1650. The van der Waals surface area contributed by atoms with Crippen LogP contribution in [0.25, 0.3) is 5.57 Å². The van der Waals surface area contributed by atoms with Gasteiger partial charge in [-0.05, 0) is 91.2 Å². The lowest BCUT2D eigenvalue weighted by Crippen LogP contribution is -2.46. The molecule has 6 rings (SSSR count). The second-order valence-corrected chi connectivity index (χ2v) is 11.8. The van der Waals surface area contributed by atoms with Gasteiger partial charge in [0.1, 0.15) is 11.6 Å². The SMILES string of the molecule is CN1CCN(CCNC(=O)c2ccc(NC3=C\CCC4=C(/C=N\3)CN=C(c3ccccc3F)c3cc(Cl)ccc34)cc2)CC1. The van der Waals surface area contributed by atoms with E-state index in [1.54, 1.807) is 12.1 Å². The number of carbonyl (C=O) groups is 1. The van der Waals surface area contributed by atoms with E-state index in [4.69, 9.17) is 21.6 Å². The number of nitrogens with zero attached hydrogens (tertiary/aromatic N) is 4. The molecule has 0 aromatic heterocycles. The summed E-state index contributed by atoms with van der Waals surface area (Å²) >= 11 is 6.40. The van der Waals surface area contributed by atoms with Gasteiger partial charge >= 0.3 is 0 Å². The average molecular weight is 611 g/mol. The summed E-state index contributed by atoms with van der Waals surface area (Å²) in [6, 6.07) is 19.9. The number of allylic oxidation sites excluding steroid dienone is 2. The summed E-state index contributed by atoms with van der Waals surface area (Å²) < 4.78 is 14.9. The van der Waals surface area contributed by atoms with Gasteiger partial charge in [0.25, 0.3) is 5.91 Å². The molecule has 3 aliphatic heterocycles. The number of amides is 1. The molecule has 1 fully saturated rings. The quantitative estimate of drug-likeness (QED) is 0.351. The lowest BCUT2D eigenvalue weighted by Gasteiger charge is -2.32. The smallest absolute Gasteiger partial charge is 0.251 e. The fraction of sp³-hybridized carbons (Fsp3) is 0.286. The van der Waals surface area contributed by atoms with Gasteiger partial charge in [0, 0.05) is 72.9 Å². The van der Waals surface area contributed by atoms with Gasteiger partial charge in [0.05, 0.1) is 12.3 Å². The second kappa shape index (κ2) is 13.7. The van der Waals surface area contributed by atoms with Crippen molar-refractivity contribution < 1.29 is 9.18 Å². The van der Waals surface area contributed by atoms with E-state index in [0.29, 0.717) is 35.0 Å². The number of hydrogen-bond donors (Lipinski definition) is 2. The van der Waals surface area contributed by atoms with E-state index in [0.717, 1.165) is 79.3 Å². The third-order valence-electron chi connectivity index (χ3n) is 8.31. The summed E-state index contributed by atoms with van der Waals surface area (Å²) in [6.07, 6.45) is 5.44. The minimum atomic E-state index is -0.317. The van der Waals surface area contributed by atoms with Crippen LogP contribution in [0.1, 0.15) is 39.9 Å². The van der Waals surface area contributed by atoms with E-state index >= 15 is 0 Å². The zero-order valence-corrected chi connectivity index (χ0v) is 25.6. The molecular formula is C35H36ClFN6O. The topological polar surface area (TPSA) is 72.3 Å². The third kappa shape index (κ3) is 6.99. The molecule has 3 aromatic carbocycles. The second-order valence-electron chi connectivity index (χ2n) is 11.3. The Labute approximate surface area is 262 Å². The first-order chi connectivity index (χ1) is 21.4. The molecule has 2 N–H and O–H groups in total. The van der Waals surface area contributed by atoms with Crippen molar-refractivity contribution in [3.63, 3.8) is 0 Å². The number of halogens is 2. The minimum absolute atomic E-state index is 0.0708. The first-order valence-corrected chi connectivity index (χ1v) is 15.4. The van der Waals surface area contributed by atoms with Gasteiger partial charge in [-0.1, -0.05) is 29.8 Å². The van der Waals surface area contributed by atoms with Crippen LogP contribution in [0.2, 0.25) is 5.02 Å². The van der Waals surface area contributed by atoms with Gasteiger partial charge in [-0.3, -0.25) is 14.7 Å². The Balaban J connectivity index is 1.13. The molecule has 7 nitrogen and oxygen atoms in total. The molecule has 3 aliphatic rings. The molecule has 0 radical (unpaired) electrons. The van der Waals surface area contributed by atoms with Crippen LogP contribution >= 0.6 is 11.6 Å². The Morgan fingerprint density at radius 3 is 2.57 bits per heavy atom. The zero-order chi connectivity index (χ0) is 30.5. The number of benzene rings is 3. The highest BCUT2D eigenvalue weighted by molar-refractivity contribution is 6.31. The molecule has 9 heteroatoms. The molecule has 0 saturated carbocycles. The van der Waals surface area contributed by atoms with Crippen molar-refractivity contribution in [3.8, 4) is 0 Å². The highest BCUT2D eigenvalue weighted by Crippen LogP contribution is 2.34. The van der Waals surface area contributed by atoms with E-state index < -0.39 is 0 Å². The minimum Gasteiger partial charge on any atom is -0.351 e. The van der Waals surface area contributed by atoms with E-state index in [1.165, 1.54) is 6.07 Å². The number of aliphatic imine (C=N–C) groups is 2. The van der Waals surface area contributed by atoms with Gasteiger partial charge in [0.15, 0.2) is 0 Å². The first kappa shape index (κ1) is 29.9. The van der Waals surface area contributed by atoms with Crippen molar-refractivity contribution in [3.05, 3.63) is 117 Å². The maximum atomic E-state index is 14.9. The van der Waals surface area contributed by atoms with E-state index in [-0.39, 0.29) is 11.7 Å². The van der Waals surface area contributed by atoms with E-state index in [9.17, 15) is 9.18 Å². The summed E-state index contributed by atoms with van der Waals surface area (Å²) in [7, 11) is 2.14. The molecule has 3 aromatic rings. The first-order valence-electron chi connectivity index (χ1n) is 15.1. The fourth-order valence-corrected chi connectivity index (χ4v) is 5.95. The van der Waals surface area contributed by atoms with Crippen molar-refractivity contribution in [2.75, 3.05) is 58.2 Å². The van der Waals surface area contributed by atoms with Gasteiger partial charge in [0.2, 0.25) is 0 Å². The summed E-state index contributed by atoms with van der Waals surface area (Å²) in [6.45, 7) is 6.07. The van der Waals surface area contributed by atoms with Crippen LogP contribution in [-0.2, 0) is 0 Å². The van der Waals surface area contributed by atoms with Crippen LogP contribution in [0.4, 0.5) is 10.1 Å². The number of piperazine rings is 1. The number of fused-ring (bicyclic) bond motifs is 2. The lowest BCUT2D eigenvalue weighted by atomic mass is 9.89. The summed E-state index contributed by atoms with van der Waals surface area (Å²) in [5.74, 6) is 0.334. The number of hydrogen-bond acceptors (Lipinski definition) is 6. The largest absolute Gasteiger partial charge is 0.351 e. The number of nitrogens with one attached hydrogen (secondary N) is 2. The maximum absolute atomic E-state index is 14.9. The Hall–Kier alpha value is -4.11. The highest BCUT2D eigenvalue weighted by Gasteiger charge is 2.23. The number of carbonyl (C=O) groups excluding carboxylic acids is 1. The van der Waals surface area contributed by atoms with Crippen LogP contribution < -0.4 is 10.6 Å². The summed E-state index contributed by atoms with van der Waals surface area (Å²) in [5, 5.41) is 7.00. The average Bonchev–Trinajstić information content (AvgIpc) is 3.16.